The van der Waals surface area contributed by atoms with Crippen LogP contribution in [0.4, 0.5) is 0 Å². The predicted molar refractivity (Wildman–Crippen MR) is 178 cm³/mol. The maximum Gasteiger partial charge on any atom is 0.207 e. The quantitative estimate of drug-likeness (QED) is 0.190. The molecule has 3 nitrogen and oxygen atoms in total. The second-order valence-electron chi connectivity index (χ2n) is 11.4. The summed E-state index contributed by atoms with van der Waals surface area (Å²) in [7, 11) is -7.16. The maximum absolute atomic E-state index is 15.3. The lowest BCUT2D eigenvalue weighted by Crippen LogP contribution is -2.22. The zero-order chi connectivity index (χ0) is 29.8. The van der Waals surface area contributed by atoms with E-state index >= 15 is 4.57 Å². The normalized spacial score (nSPS) is 17.3. The third kappa shape index (κ3) is 4.40. The van der Waals surface area contributed by atoms with Crippen LogP contribution in [0.1, 0.15) is 24.5 Å². The van der Waals surface area contributed by atoms with Gasteiger partial charge >= 0.3 is 0 Å². The molecule has 2 aliphatic rings. The van der Waals surface area contributed by atoms with E-state index in [0.717, 1.165) is 39.0 Å². The Balaban J connectivity index is 1.47. The third-order valence-electron chi connectivity index (χ3n) is 8.74. The van der Waals surface area contributed by atoms with E-state index in [1.54, 1.807) is 6.08 Å². The van der Waals surface area contributed by atoms with Crippen molar-refractivity contribution in [3.8, 4) is 22.3 Å². The van der Waals surface area contributed by atoms with Crippen LogP contribution in [0, 0.1) is 12.8 Å². The molecule has 0 amide bonds. The lowest BCUT2D eigenvalue weighted by molar-refractivity contribution is 0.584. The summed E-state index contributed by atoms with van der Waals surface area (Å²) in [6, 6.07) is 41.1. The summed E-state index contributed by atoms with van der Waals surface area (Å²) in [6.45, 7) is 4.15. The second kappa shape index (κ2) is 10.5. The molecule has 1 aliphatic heterocycles. The molecule has 1 aliphatic carbocycles. The molecular formula is C38H31O3PS. The summed E-state index contributed by atoms with van der Waals surface area (Å²) in [6.07, 6.45) is 2.24. The van der Waals surface area contributed by atoms with Gasteiger partial charge in [0.1, 0.15) is 0 Å². The zero-order valence-electron chi connectivity index (χ0n) is 24.1. The summed E-state index contributed by atoms with van der Waals surface area (Å²) in [4.78, 5) is 0.608. The molecule has 0 radical (unpaired) electrons. The van der Waals surface area contributed by atoms with Gasteiger partial charge in [0.25, 0.3) is 0 Å². The van der Waals surface area contributed by atoms with E-state index in [9.17, 15) is 8.42 Å². The number of allylic oxidation sites excluding steroid dienone is 3. The molecular weight excluding hydrogens is 567 g/mol. The van der Waals surface area contributed by atoms with Crippen LogP contribution in [0.2, 0.25) is 0 Å². The molecule has 5 aromatic carbocycles. The standard InChI is InChI=1S/C38H31O3PS/c1-26-14-12-13-21-31(26)33-23-35-34-22-27(2)36(42(39,29-17-8-4-9-18-29)30-19-10-5-11-20-30)25-38(34)43(40,41)37(35)24-32(33)28-15-6-3-7-16-28/h3-21,23-25,27H,22H2,1-2H3. The predicted octanol–water partition coefficient (Wildman–Crippen LogP) is 8.77. The van der Waals surface area contributed by atoms with Crippen molar-refractivity contribution in [2.45, 2.75) is 25.2 Å². The van der Waals surface area contributed by atoms with Crippen LogP contribution >= 0.6 is 7.14 Å². The summed E-state index contributed by atoms with van der Waals surface area (Å²) in [5.74, 6) is -0.123. The average molecular weight is 599 g/mol. The molecule has 43 heavy (non-hydrogen) atoms. The van der Waals surface area contributed by atoms with Crippen LogP contribution < -0.4 is 10.6 Å². The fraction of sp³-hybridized carbons (Fsp3) is 0.105. The number of aryl methyl sites for hydroxylation is 1. The average Bonchev–Trinajstić information content (AvgIpc) is 3.25. The smallest absolute Gasteiger partial charge is 0.207 e. The van der Waals surface area contributed by atoms with E-state index in [0.29, 0.717) is 27.2 Å². The van der Waals surface area contributed by atoms with Gasteiger partial charge in [-0.05, 0) is 76.4 Å². The van der Waals surface area contributed by atoms with E-state index in [-0.39, 0.29) is 10.8 Å². The van der Waals surface area contributed by atoms with Crippen molar-refractivity contribution < 1.29 is 13.0 Å². The van der Waals surface area contributed by atoms with Crippen LogP contribution in [0.3, 0.4) is 0 Å². The van der Waals surface area contributed by atoms with E-state index < -0.39 is 17.0 Å². The molecule has 1 atom stereocenters. The van der Waals surface area contributed by atoms with Gasteiger partial charge in [0.2, 0.25) is 9.84 Å². The molecule has 0 bridgehead atoms. The van der Waals surface area contributed by atoms with Gasteiger partial charge in [-0.3, -0.25) is 0 Å². The minimum Gasteiger partial charge on any atom is -0.309 e. The fourth-order valence-electron chi connectivity index (χ4n) is 6.59. The first-order valence-corrected chi connectivity index (χ1v) is 17.7. The van der Waals surface area contributed by atoms with Gasteiger partial charge in [-0.15, -0.1) is 0 Å². The van der Waals surface area contributed by atoms with Gasteiger partial charge in [0, 0.05) is 15.9 Å². The molecule has 7 rings (SSSR count). The molecule has 0 fully saturated rings. The van der Waals surface area contributed by atoms with E-state index in [4.69, 9.17) is 0 Å². The van der Waals surface area contributed by atoms with Crippen LogP contribution in [0.25, 0.3) is 27.8 Å². The van der Waals surface area contributed by atoms with Gasteiger partial charge in [-0.1, -0.05) is 122 Å². The number of rotatable bonds is 5. The lowest BCUT2D eigenvalue weighted by atomic mass is 9.86. The van der Waals surface area contributed by atoms with Gasteiger partial charge in [-0.25, -0.2) is 8.42 Å². The molecule has 0 saturated carbocycles. The van der Waals surface area contributed by atoms with Crippen LogP contribution in [0.15, 0.2) is 149 Å². The topological polar surface area (TPSA) is 51.2 Å². The largest absolute Gasteiger partial charge is 0.309 e. The number of hydrogen-bond donors (Lipinski definition) is 0. The Morgan fingerprint density at radius 3 is 1.81 bits per heavy atom. The molecule has 5 aromatic rings. The Bertz CT molecular complexity index is 2050. The number of sulfone groups is 1. The highest BCUT2D eigenvalue weighted by Gasteiger charge is 2.43. The van der Waals surface area contributed by atoms with Crippen molar-refractivity contribution in [1.82, 2.24) is 0 Å². The van der Waals surface area contributed by atoms with E-state index in [1.165, 1.54) is 0 Å². The minimum atomic E-state index is -3.84. The molecule has 1 unspecified atom stereocenters. The minimum absolute atomic E-state index is 0.123. The maximum atomic E-state index is 15.3. The molecule has 0 N–H and O–H groups in total. The number of benzene rings is 5. The summed E-state index contributed by atoms with van der Waals surface area (Å²) in [5.41, 5.74) is 6.62. The lowest BCUT2D eigenvalue weighted by Gasteiger charge is -2.30. The monoisotopic (exact) mass is 598 g/mol. The van der Waals surface area contributed by atoms with Crippen LogP contribution in [-0.2, 0) is 14.4 Å². The Hall–Kier alpha value is -4.24. The summed E-state index contributed by atoms with van der Waals surface area (Å²) < 4.78 is 44.0. The Morgan fingerprint density at radius 2 is 1.21 bits per heavy atom. The molecule has 212 valence electrons. The summed E-state index contributed by atoms with van der Waals surface area (Å²) in [5, 5.41) is 2.11. The molecule has 1 heterocycles. The second-order valence-corrected chi connectivity index (χ2v) is 16.0. The van der Waals surface area contributed by atoms with Gasteiger partial charge in [0.05, 0.1) is 9.80 Å². The SMILES string of the molecule is Cc1ccccc1-c1cc2c(cc1-c1ccccc1)S(=O)(=O)C1=C2CC(C)C(P(=O)(c2ccccc2)c2ccccc2)=C1. The van der Waals surface area contributed by atoms with Crippen molar-refractivity contribution in [3.05, 3.63) is 155 Å². The Morgan fingerprint density at radius 1 is 0.651 bits per heavy atom. The highest BCUT2D eigenvalue weighted by Crippen LogP contribution is 2.60. The number of fused-ring (bicyclic) bond motifs is 2. The highest BCUT2D eigenvalue weighted by atomic mass is 32.2. The first-order valence-electron chi connectivity index (χ1n) is 14.5. The van der Waals surface area contributed by atoms with Crippen molar-refractivity contribution in [1.29, 1.82) is 0 Å². The van der Waals surface area contributed by atoms with Crippen molar-refractivity contribution >= 4 is 33.2 Å². The third-order valence-corrected chi connectivity index (χ3v) is 13.9. The van der Waals surface area contributed by atoms with Crippen molar-refractivity contribution in [2.24, 2.45) is 5.92 Å². The van der Waals surface area contributed by atoms with Crippen molar-refractivity contribution in [2.75, 3.05) is 0 Å². The molecule has 0 aromatic heterocycles. The van der Waals surface area contributed by atoms with Crippen LogP contribution in [0.5, 0.6) is 0 Å². The van der Waals surface area contributed by atoms with Gasteiger partial charge in [-0.2, -0.15) is 0 Å². The first kappa shape index (κ1) is 27.6. The highest BCUT2D eigenvalue weighted by molar-refractivity contribution is 7.96. The van der Waals surface area contributed by atoms with Crippen molar-refractivity contribution in [3.63, 3.8) is 0 Å². The van der Waals surface area contributed by atoms with E-state index in [1.807, 2.05) is 109 Å². The Kier molecular flexibility index (Phi) is 6.73. The van der Waals surface area contributed by atoms with E-state index in [2.05, 4.69) is 32.0 Å². The van der Waals surface area contributed by atoms with Crippen LogP contribution in [-0.4, -0.2) is 8.42 Å². The van der Waals surface area contributed by atoms with Gasteiger partial charge < -0.3 is 4.57 Å². The Labute approximate surface area is 253 Å². The molecule has 5 heteroatoms. The fourth-order valence-corrected chi connectivity index (χ4v) is 11.6. The number of hydrogen-bond acceptors (Lipinski definition) is 3. The summed E-state index contributed by atoms with van der Waals surface area (Å²) >= 11 is 0. The molecule has 0 saturated heterocycles. The zero-order valence-corrected chi connectivity index (χ0v) is 25.8. The first-order chi connectivity index (χ1) is 20.8. The van der Waals surface area contributed by atoms with Gasteiger partial charge in [0.15, 0.2) is 7.14 Å². The molecule has 0 spiro atoms.